The number of nitrogens with one attached hydrogen (secondary N) is 1. The van der Waals surface area contributed by atoms with Gasteiger partial charge in [0.2, 0.25) is 5.91 Å². The molecule has 168 valence electrons. The van der Waals surface area contributed by atoms with Gasteiger partial charge in [-0.05, 0) is 37.1 Å². The van der Waals surface area contributed by atoms with Crippen LogP contribution < -0.4 is 5.32 Å². The fraction of sp³-hybridized carbons (Fsp3) is 0.600. The second-order valence-electron chi connectivity index (χ2n) is 7.11. The van der Waals surface area contributed by atoms with Crippen molar-refractivity contribution >= 4 is 23.4 Å². The minimum absolute atomic E-state index is 0.0453. The molecule has 0 radical (unpaired) electrons. The number of hydrogen-bond acceptors (Lipinski definition) is 4. The predicted octanol–water partition coefficient (Wildman–Crippen LogP) is 2.96. The van der Waals surface area contributed by atoms with Gasteiger partial charge in [-0.15, -0.1) is 0 Å². The number of rotatable bonds is 10. The molecule has 1 N–H and O–H groups in total. The summed E-state index contributed by atoms with van der Waals surface area (Å²) >= 11 is 5.79. The lowest BCUT2D eigenvalue weighted by molar-refractivity contribution is -0.174. The Labute approximate surface area is 179 Å². The average Bonchev–Trinajstić information content (AvgIpc) is 2.71. The Bertz CT molecular complexity index is 678. The summed E-state index contributed by atoms with van der Waals surface area (Å²) in [4.78, 5) is 28.2. The zero-order valence-electron chi connectivity index (χ0n) is 16.7. The number of halogens is 4. The van der Waals surface area contributed by atoms with Crippen molar-refractivity contribution in [2.24, 2.45) is 0 Å². The van der Waals surface area contributed by atoms with E-state index in [2.05, 4.69) is 15.0 Å². The summed E-state index contributed by atoms with van der Waals surface area (Å²) in [7, 11) is 0. The third-order valence-corrected chi connectivity index (χ3v) is 4.97. The summed E-state index contributed by atoms with van der Waals surface area (Å²) in [5, 5.41) is 3.35. The van der Waals surface area contributed by atoms with Gasteiger partial charge >= 0.3 is 6.18 Å². The second-order valence-corrected chi connectivity index (χ2v) is 7.55. The van der Waals surface area contributed by atoms with Crippen molar-refractivity contribution in [3.63, 3.8) is 0 Å². The number of hydrogen-bond donors (Lipinski definition) is 1. The molecule has 0 aromatic heterocycles. The van der Waals surface area contributed by atoms with Gasteiger partial charge < -0.3 is 15.0 Å². The first-order valence-electron chi connectivity index (χ1n) is 9.93. The molecule has 1 aliphatic rings. The number of amides is 2. The molecular weight excluding hydrogens is 423 g/mol. The van der Waals surface area contributed by atoms with E-state index in [0.29, 0.717) is 69.1 Å². The van der Waals surface area contributed by atoms with Crippen molar-refractivity contribution in [2.45, 2.75) is 25.4 Å². The molecular formula is C20H27ClF3N3O3. The standard InChI is InChI=1S/C20H27ClF3N3O3/c21-17-6-4-16(5-7-17)19(29)25-8-1-3-18(28)27-12-10-26(11-13-27)9-2-14-30-15-20(22,23)24/h4-7H,1-3,8-15H2,(H,25,29). The number of nitrogens with zero attached hydrogens (tertiary/aromatic N) is 2. The molecule has 0 spiro atoms. The van der Waals surface area contributed by atoms with Crippen molar-refractivity contribution in [1.29, 1.82) is 0 Å². The average molecular weight is 450 g/mol. The predicted molar refractivity (Wildman–Crippen MR) is 108 cm³/mol. The van der Waals surface area contributed by atoms with E-state index < -0.39 is 12.8 Å². The van der Waals surface area contributed by atoms with Gasteiger partial charge in [0, 0.05) is 62.9 Å². The quantitative estimate of drug-likeness (QED) is 0.558. The molecule has 6 nitrogen and oxygen atoms in total. The molecule has 0 saturated carbocycles. The van der Waals surface area contributed by atoms with Crippen LogP contribution in [0.1, 0.15) is 29.6 Å². The normalized spacial score (nSPS) is 15.3. The highest BCUT2D eigenvalue weighted by atomic mass is 35.5. The Morgan fingerprint density at radius 2 is 1.73 bits per heavy atom. The summed E-state index contributed by atoms with van der Waals surface area (Å²) in [6, 6.07) is 6.58. The van der Waals surface area contributed by atoms with E-state index in [1.807, 2.05) is 0 Å². The molecule has 0 unspecified atom stereocenters. The van der Waals surface area contributed by atoms with Crippen LogP contribution in [-0.4, -0.2) is 80.3 Å². The Morgan fingerprint density at radius 1 is 1.07 bits per heavy atom. The highest BCUT2D eigenvalue weighted by molar-refractivity contribution is 6.30. The maximum atomic E-state index is 12.3. The molecule has 1 saturated heterocycles. The molecule has 1 fully saturated rings. The van der Waals surface area contributed by atoms with E-state index in [4.69, 9.17) is 11.6 Å². The number of ether oxygens (including phenoxy) is 1. The fourth-order valence-electron chi connectivity index (χ4n) is 3.10. The maximum absolute atomic E-state index is 12.3. The number of alkyl halides is 3. The summed E-state index contributed by atoms with van der Waals surface area (Å²) < 4.78 is 40.6. The van der Waals surface area contributed by atoms with Gasteiger partial charge in [0.25, 0.3) is 5.91 Å². The molecule has 2 amide bonds. The Hall–Kier alpha value is -1.84. The zero-order valence-corrected chi connectivity index (χ0v) is 17.5. The molecule has 1 aromatic carbocycles. The van der Waals surface area contributed by atoms with Gasteiger partial charge in [-0.1, -0.05) is 11.6 Å². The largest absolute Gasteiger partial charge is 0.411 e. The van der Waals surface area contributed by atoms with Gasteiger partial charge in [-0.25, -0.2) is 0 Å². The van der Waals surface area contributed by atoms with Crippen LogP contribution in [0, 0.1) is 0 Å². The van der Waals surface area contributed by atoms with Crippen molar-refractivity contribution in [3.8, 4) is 0 Å². The monoisotopic (exact) mass is 449 g/mol. The van der Waals surface area contributed by atoms with Gasteiger partial charge in [0.1, 0.15) is 6.61 Å². The van der Waals surface area contributed by atoms with Crippen LogP contribution in [0.3, 0.4) is 0 Å². The molecule has 1 aliphatic heterocycles. The van der Waals surface area contributed by atoms with Crippen LogP contribution in [0.5, 0.6) is 0 Å². The summed E-state index contributed by atoms with van der Waals surface area (Å²) in [5.41, 5.74) is 0.519. The lowest BCUT2D eigenvalue weighted by Crippen LogP contribution is -2.49. The van der Waals surface area contributed by atoms with Gasteiger partial charge in [0.05, 0.1) is 0 Å². The Balaban J connectivity index is 1.54. The number of carbonyl (C=O) groups is 2. The first kappa shape index (κ1) is 24.4. The van der Waals surface area contributed by atoms with Crippen molar-refractivity contribution in [2.75, 3.05) is 52.5 Å². The molecule has 0 bridgehead atoms. The van der Waals surface area contributed by atoms with Crippen LogP contribution >= 0.6 is 11.6 Å². The summed E-state index contributed by atoms with van der Waals surface area (Å²) in [6.07, 6.45) is -2.86. The van der Waals surface area contributed by atoms with Crippen LogP contribution in [0.15, 0.2) is 24.3 Å². The Morgan fingerprint density at radius 3 is 2.37 bits per heavy atom. The third kappa shape index (κ3) is 9.32. The van der Waals surface area contributed by atoms with Gasteiger partial charge in [-0.2, -0.15) is 13.2 Å². The van der Waals surface area contributed by atoms with E-state index in [0.717, 1.165) is 0 Å². The van der Waals surface area contributed by atoms with Gasteiger partial charge in [0.15, 0.2) is 0 Å². The van der Waals surface area contributed by atoms with E-state index in [-0.39, 0.29) is 18.4 Å². The third-order valence-electron chi connectivity index (χ3n) is 4.71. The minimum Gasteiger partial charge on any atom is -0.372 e. The maximum Gasteiger partial charge on any atom is 0.411 e. The summed E-state index contributed by atoms with van der Waals surface area (Å²) in [5.74, 6) is -0.157. The van der Waals surface area contributed by atoms with E-state index in [1.165, 1.54) is 0 Å². The molecule has 10 heteroatoms. The number of piperazine rings is 1. The molecule has 1 aromatic rings. The van der Waals surface area contributed by atoms with Crippen LogP contribution in [0.2, 0.25) is 5.02 Å². The second kappa shape index (κ2) is 12.1. The number of carbonyl (C=O) groups excluding carboxylic acids is 2. The van der Waals surface area contributed by atoms with Gasteiger partial charge in [-0.3, -0.25) is 14.5 Å². The highest BCUT2D eigenvalue weighted by Gasteiger charge is 2.27. The topological polar surface area (TPSA) is 61.9 Å². The highest BCUT2D eigenvalue weighted by Crippen LogP contribution is 2.14. The smallest absolute Gasteiger partial charge is 0.372 e. The zero-order chi connectivity index (χ0) is 22.0. The van der Waals surface area contributed by atoms with Crippen molar-refractivity contribution in [1.82, 2.24) is 15.1 Å². The molecule has 2 rings (SSSR count). The summed E-state index contributed by atoms with van der Waals surface area (Å²) in [6.45, 7) is 2.49. The minimum atomic E-state index is -4.29. The SMILES string of the molecule is O=C(NCCCC(=O)N1CCN(CCCOCC(F)(F)F)CC1)c1ccc(Cl)cc1. The molecule has 30 heavy (non-hydrogen) atoms. The van der Waals surface area contributed by atoms with E-state index in [1.54, 1.807) is 29.2 Å². The molecule has 0 aliphatic carbocycles. The molecule has 0 atom stereocenters. The lowest BCUT2D eigenvalue weighted by atomic mass is 10.2. The number of benzene rings is 1. The van der Waals surface area contributed by atoms with Crippen LogP contribution in [-0.2, 0) is 9.53 Å². The molecule has 1 heterocycles. The fourth-order valence-corrected chi connectivity index (χ4v) is 3.23. The van der Waals surface area contributed by atoms with Crippen molar-refractivity contribution < 1.29 is 27.5 Å². The van der Waals surface area contributed by atoms with Crippen LogP contribution in [0.4, 0.5) is 13.2 Å². The van der Waals surface area contributed by atoms with E-state index >= 15 is 0 Å². The Kier molecular flexibility index (Phi) is 9.87. The first-order chi connectivity index (χ1) is 14.2. The van der Waals surface area contributed by atoms with E-state index in [9.17, 15) is 22.8 Å². The lowest BCUT2D eigenvalue weighted by Gasteiger charge is -2.34. The first-order valence-corrected chi connectivity index (χ1v) is 10.3. The van der Waals surface area contributed by atoms with Crippen molar-refractivity contribution in [3.05, 3.63) is 34.9 Å². The van der Waals surface area contributed by atoms with Crippen LogP contribution in [0.25, 0.3) is 0 Å².